The minimum absolute atomic E-state index is 0.0609. The minimum Gasteiger partial charge on any atom is -0.449 e. The Morgan fingerprint density at radius 1 is 0.640 bits per heavy atom. The van der Waals surface area contributed by atoms with Gasteiger partial charge in [0.05, 0.1) is 11.0 Å². The van der Waals surface area contributed by atoms with E-state index in [2.05, 4.69) is 83.4 Å². The molecule has 0 aliphatic heterocycles. The second-order valence-corrected chi connectivity index (χ2v) is 6.39. The summed E-state index contributed by atoms with van der Waals surface area (Å²) in [7, 11) is 0.0609. The van der Waals surface area contributed by atoms with Crippen LogP contribution in [0.1, 0.15) is 0 Å². The van der Waals surface area contributed by atoms with Crippen molar-refractivity contribution >= 4 is 45.5 Å². The van der Waals surface area contributed by atoms with Gasteiger partial charge in [-0.3, -0.25) is 0 Å². The molecule has 0 unspecified atom stereocenters. The summed E-state index contributed by atoms with van der Waals surface area (Å²) in [4.78, 5) is 0. The maximum absolute atomic E-state index is 9.50. The fourth-order valence-corrected chi connectivity index (χ4v) is 3.71. The summed E-state index contributed by atoms with van der Waals surface area (Å²) in [5.41, 5.74) is 4.44. The lowest BCUT2D eigenvalue weighted by molar-refractivity contribution is 0.615. The molecule has 0 spiro atoms. The number of benzene rings is 4. The lowest BCUT2D eigenvalue weighted by Gasteiger charge is -2.09. The first-order valence-electron chi connectivity index (χ1n) is 8.47. The molecular formula is C22H16BNO. The van der Waals surface area contributed by atoms with Crippen LogP contribution in [0.3, 0.4) is 0 Å². The molecule has 0 radical (unpaired) electrons. The quantitative estimate of drug-likeness (QED) is 0.490. The molecule has 2 nitrogen and oxygen atoms in total. The van der Waals surface area contributed by atoms with Crippen LogP contribution in [0, 0.1) is 0 Å². The van der Waals surface area contributed by atoms with Crippen molar-refractivity contribution in [3.8, 4) is 5.69 Å². The molecule has 0 saturated carbocycles. The zero-order valence-corrected chi connectivity index (χ0v) is 13.7. The number of hydrogen-bond acceptors (Lipinski definition) is 1. The number of rotatable bonds is 2. The van der Waals surface area contributed by atoms with Gasteiger partial charge in [0.1, 0.15) is 0 Å². The second-order valence-electron chi connectivity index (χ2n) is 6.39. The van der Waals surface area contributed by atoms with E-state index in [4.69, 9.17) is 0 Å². The van der Waals surface area contributed by atoms with Crippen LogP contribution in [0.15, 0.2) is 84.9 Å². The average Bonchev–Trinajstić information content (AvgIpc) is 3.01. The van der Waals surface area contributed by atoms with E-state index in [1.165, 1.54) is 27.1 Å². The first kappa shape index (κ1) is 14.3. The van der Waals surface area contributed by atoms with Crippen molar-refractivity contribution in [3.63, 3.8) is 0 Å². The van der Waals surface area contributed by atoms with Gasteiger partial charge in [-0.05, 0) is 35.0 Å². The lowest BCUT2D eigenvalue weighted by atomic mass is 9.88. The van der Waals surface area contributed by atoms with Crippen LogP contribution >= 0.6 is 0 Å². The molecule has 118 valence electrons. The Kier molecular flexibility index (Phi) is 3.15. The van der Waals surface area contributed by atoms with Gasteiger partial charge in [-0.25, -0.2) is 0 Å². The Labute approximate surface area is 146 Å². The number of hydrogen-bond donors (Lipinski definition) is 1. The zero-order valence-electron chi connectivity index (χ0n) is 13.7. The van der Waals surface area contributed by atoms with Crippen LogP contribution in [0.5, 0.6) is 0 Å². The Bertz CT molecular complexity index is 1240. The predicted octanol–water partition coefficient (Wildman–Crippen LogP) is 3.91. The summed E-state index contributed by atoms with van der Waals surface area (Å²) < 4.78 is 2.30. The first-order chi connectivity index (χ1) is 12.3. The van der Waals surface area contributed by atoms with Crippen molar-refractivity contribution in [1.29, 1.82) is 0 Å². The summed E-state index contributed by atoms with van der Waals surface area (Å²) >= 11 is 0. The monoisotopic (exact) mass is 321 g/mol. The zero-order chi connectivity index (χ0) is 16.8. The van der Waals surface area contributed by atoms with Crippen molar-refractivity contribution in [2.24, 2.45) is 0 Å². The van der Waals surface area contributed by atoms with E-state index in [1.807, 2.05) is 6.07 Å². The van der Waals surface area contributed by atoms with Crippen LogP contribution in [-0.2, 0) is 0 Å². The molecule has 4 aromatic carbocycles. The van der Waals surface area contributed by atoms with E-state index in [9.17, 15) is 5.02 Å². The molecule has 5 aromatic rings. The largest absolute Gasteiger partial charge is 0.449 e. The number of aromatic nitrogens is 1. The van der Waals surface area contributed by atoms with E-state index < -0.39 is 0 Å². The second kappa shape index (κ2) is 5.50. The molecule has 0 bridgehead atoms. The van der Waals surface area contributed by atoms with E-state index in [-0.39, 0.29) is 7.48 Å². The molecule has 0 fully saturated rings. The van der Waals surface area contributed by atoms with Gasteiger partial charge >= 0.3 is 7.48 Å². The third-order valence-corrected chi connectivity index (χ3v) is 4.91. The Morgan fingerprint density at radius 2 is 1.40 bits per heavy atom. The highest BCUT2D eigenvalue weighted by atomic mass is 16.2. The fraction of sp³-hybridized carbons (Fsp3) is 0. The van der Waals surface area contributed by atoms with E-state index in [0.717, 1.165) is 16.7 Å². The molecule has 0 aliphatic rings. The Hall–Kier alpha value is -3.04. The third kappa shape index (κ3) is 2.17. The van der Waals surface area contributed by atoms with Gasteiger partial charge in [0.15, 0.2) is 0 Å². The maximum atomic E-state index is 9.50. The molecule has 1 aromatic heterocycles. The van der Waals surface area contributed by atoms with Gasteiger partial charge in [-0.2, -0.15) is 0 Å². The topological polar surface area (TPSA) is 25.2 Å². The molecule has 0 amide bonds. The summed E-state index contributed by atoms with van der Waals surface area (Å²) in [5.74, 6) is 0. The summed E-state index contributed by atoms with van der Waals surface area (Å²) in [5, 5.41) is 14.4. The SMILES string of the molecule is OBc1ccc2c(c1)c1ccccc1n2-c1ccc2ccccc2c1. The van der Waals surface area contributed by atoms with Crippen LogP contribution in [-0.4, -0.2) is 17.1 Å². The van der Waals surface area contributed by atoms with E-state index in [1.54, 1.807) is 0 Å². The van der Waals surface area contributed by atoms with Gasteiger partial charge in [0.25, 0.3) is 0 Å². The van der Waals surface area contributed by atoms with E-state index in [0.29, 0.717) is 0 Å². The molecular weight excluding hydrogens is 305 g/mol. The normalized spacial score (nSPS) is 11.4. The van der Waals surface area contributed by atoms with Crippen molar-refractivity contribution in [1.82, 2.24) is 4.57 Å². The highest BCUT2D eigenvalue weighted by Gasteiger charge is 2.12. The number of fused-ring (bicyclic) bond motifs is 4. The molecule has 1 N–H and O–H groups in total. The van der Waals surface area contributed by atoms with Crippen molar-refractivity contribution in [2.45, 2.75) is 0 Å². The molecule has 3 heteroatoms. The van der Waals surface area contributed by atoms with Crippen molar-refractivity contribution < 1.29 is 5.02 Å². The van der Waals surface area contributed by atoms with Crippen LogP contribution in [0.4, 0.5) is 0 Å². The molecule has 0 aliphatic carbocycles. The van der Waals surface area contributed by atoms with Crippen LogP contribution in [0.2, 0.25) is 0 Å². The highest BCUT2D eigenvalue weighted by molar-refractivity contribution is 6.46. The lowest BCUT2D eigenvalue weighted by Crippen LogP contribution is -2.12. The van der Waals surface area contributed by atoms with E-state index >= 15 is 0 Å². The fourth-order valence-electron chi connectivity index (χ4n) is 3.71. The number of para-hydroxylation sites is 1. The third-order valence-electron chi connectivity index (χ3n) is 4.91. The molecule has 5 rings (SSSR count). The summed E-state index contributed by atoms with van der Waals surface area (Å²) in [6, 6.07) is 29.7. The predicted molar refractivity (Wildman–Crippen MR) is 107 cm³/mol. The van der Waals surface area contributed by atoms with Gasteiger partial charge in [-0.15, -0.1) is 0 Å². The van der Waals surface area contributed by atoms with Gasteiger partial charge < -0.3 is 9.59 Å². The minimum atomic E-state index is 0.0609. The summed E-state index contributed by atoms with van der Waals surface area (Å²) in [6.45, 7) is 0. The Morgan fingerprint density at radius 3 is 2.28 bits per heavy atom. The Balaban J connectivity index is 1.89. The molecule has 0 saturated heterocycles. The summed E-state index contributed by atoms with van der Waals surface area (Å²) in [6.07, 6.45) is 0. The highest BCUT2D eigenvalue weighted by Crippen LogP contribution is 2.32. The van der Waals surface area contributed by atoms with Gasteiger partial charge in [0, 0.05) is 16.5 Å². The van der Waals surface area contributed by atoms with Crippen molar-refractivity contribution in [3.05, 3.63) is 84.9 Å². The number of nitrogens with zero attached hydrogens (tertiary/aromatic N) is 1. The molecule has 0 atom stereocenters. The molecule has 25 heavy (non-hydrogen) atoms. The standard InChI is InChI=1S/C22H16BNO/c25-23-17-10-12-22-20(14-17)19-7-3-4-8-21(19)24(22)18-11-9-15-5-1-2-6-16(15)13-18/h1-14,23,25H. The smallest absolute Gasteiger partial charge is 0.304 e. The average molecular weight is 321 g/mol. The van der Waals surface area contributed by atoms with Gasteiger partial charge in [-0.1, -0.05) is 66.1 Å². The first-order valence-corrected chi connectivity index (χ1v) is 8.47. The maximum Gasteiger partial charge on any atom is 0.304 e. The van der Waals surface area contributed by atoms with Crippen molar-refractivity contribution in [2.75, 3.05) is 0 Å². The van der Waals surface area contributed by atoms with Crippen LogP contribution < -0.4 is 5.46 Å². The van der Waals surface area contributed by atoms with Gasteiger partial charge in [0.2, 0.25) is 0 Å². The molecule has 1 heterocycles. The van der Waals surface area contributed by atoms with Crippen LogP contribution in [0.25, 0.3) is 38.3 Å².